The van der Waals surface area contributed by atoms with Crippen molar-refractivity contribution in [2.45, 2.75) is 32.7 Å². The van der Waals surface area contributed by atoms with E-state index in [1.165, 1.54) is 0 Å². The lowest BCUT2D eigenvalue weighted by molar-refractivity contribution is -0.122. The highest BCUT2D eigenvalue weighted by atomic mass is 32.1. The first-order valence-electron chi connectivity index (χ1n) is 5.93. The number of carbonyl (C=O) groups excluding carboxylic acids is 1. The van der Waals surface area contributed by atoms with Gasteiger partial charge in [-0.25, -0.2) is 0 Å². The number of rotatable bonds is 5. The minimum absolute atomic E-state index is 0.122. The second-order valence-corrected chi connectivity index (χ2v) is 5.24. The first kappa shape index (κ1) is 12.4. The molecule has 2 rings (SSSR count). The van der Waals surface area contributed by atoms with Crippen molar-refractivity contribution in [3.05, 3.63) is 29.6 Å². The Kier molecular flexibility index (Phi) is 3.72. The fraction of sp³-hybridized carbons (Fsp3) is 0.538. The molecule has 0 saturated heterocycles. The van der Waals surface area contributed by atoms with Crippen LogP contribution in [0.5, 0.6) is 0 Å². The van der Waals surface area contributed by atoms with E-state index >= 15 is 0 Å². The Labute approximate surface area is 107 Å². The van der Waals surface area contributed by atoms with Gasteiger partial charge in [0.05, 0.1) is 0 Å². The second-order valence-electron chi connectivity index (χ2n) is 4.92. The molecule has 0 atom stereocenters. The molecule has 1 N–H and O–H groups in total. The number of pyridine rings is 1. The molecule has 1 heterocycles. The van der Waals surface area contributed by atoms with Gasteiger partial charge in [-0.05, 0) is 42.6 Å². The molecule has 1 fully saturated rings. The van der Waals surface area contributed by atoms with E-state index < -0.39 is 0 Å². The van der Waals surface area contributed by atoms with Gasteiger partial charge in [0.1, 0.15) is 0 Å². The van der Waals surface area contributed by atoms with Gasteiger partial charge in [0.25, 0.3) is 0 Å². The van der Waals surface area contributed by atoms with E-state index in [9.17, 15) is 4.79 Å². The minimum atomic E-state index is 0.122. The van der Waals surface area contributed by atoms with Crippen LogP contribution in [0.15, 0.2) is 18.3 Å². The summed E-state index contributed by atoms with van der Waals surface area (Å²) >= 11 is 4.30. The van der Waals surface area contributed by atoms with Gasteiger partial charge in [0.2, 0.25) is 5.91 Å². The highest BCUT2D eigenvalue weighted by Gasteiger charge is 2.42. The topological polar surface area (TPSA) is 42.0 Å². The summed E-state index contributed by atoms with van der Waals surface area (Å²) in [6, 6.07) is 3.95. The van der Waals surface area contributed by atoms with Crippen LogP contribution in [0.1, 0.15) is 30.5 Å². The zero-order chi connectivity index (χ0) is 12.3. The molecule has 0 spiro atoms. The molecule has 1 aliphatic carbocycles. The Morgan fingerprint density at radius 3 is 2.82 bits per heavy atom. The number of amides is 1. The smallest absolute Gasteiger partial charge is 0.220 e. The van der Waals surface area contributed by atoms with Crippen molar-refractivity contribution >= 4 is 18.5 Å². The Bertz CT molecular complexity index is 398. The molecule has 17 heavy (non-hydrogen) atoms. The fourth-order valence-corrected chi connectivity index (χ4v) is 2.20. The molecular weight excluding hydrogens is 232 g/mol. The normalized spacial score (nSPS) is 16.6. The number of nitrogens with zero attached hydrogens (tertiary/aromatic N) is 1. The standard InChI is InChI=1S/C13H18N2OS/c1-10-2-3-11(7-14-10)8-15-12(16)6-13(9-17)4-5-13/h2-3,7,17H,4-6,8-9H2,1H3,(H,15,16). The van der Waals surface area contributed by atoms with Gasteiger partial charge in [-0.15, -0.1) is 0 Å². The van der Waals surface area contributed by atoms with Gasteiger partial charge in [-0.2, -0.15) is 12.6 Å². The van der Waals surface area contributed by atoms with E-state index in [4.69, 9.17) is 0 Å². The average molecular weight is 250 g/mol. The quantitative estimate of drug-likeness (QED) is 0.786. The van der Waals surface area contributed by atoms with Crippen LogP contribution in [0.2, 0.25) is 0 Å². The molecule has 1 aromatic heterocycles. The van der Waals surface area contributed by atoms with Crippen molar-refractivity contribution in [2.75, 3.05) is 5.75 Å². The summed E-state index contributed by atoms with van der Waals surface area (Å²) in [7, 11) is 0. The molecule has 0 unspecified atom stereocenters. The zero-order valence-corrected chi connectivity index (χ0v) is 11.0. The summed E-state index contributed by atoms with van der Waals surface area (Å²) in [5.41, 5.74) is 2.23. The molecule has 0 aromatic carbocycles. The highest BCUT2D eigenvalue weighted by molar-refractivity contribution is 7.80. The zero-order valence-electron chi connectivity index (χ0n) is 10.1. The Morgan fingerprint density at radius 1 is 1.53 bits per heavy atom. The lowest BCUT2D eigenvalue weighted by Gasteiger charge is -2.11. The van der Waals surface area contributed by atoms with Gasteiger partial charge in [-0.1, -0.05) is 6.07 Å². The van der Waals surface area contributed by atoms with E-state index in [1.54, 1.807) is 6.20 Å². The van der Waals surface area contributed by atoms with Crippen LogP contribution < -0.4 is 5.32 Å². The Balaban J connectivity index is 1.78. The highest BCUT2D eigenvalue weighted by Crippen LogP contribution is 2.49. The summed E-state index contributed by atoms with van der Waals surface area (Å²) in [6.45, 7) is 2.51. The predicted octanol–water partition coefficient (Wildman–Crippen LogP) is 2.11. The number of hydrogen-bond donors (Lipinski definition) is 2. The van der Waals surface area contributed by atoms with E-state index in [-0.39, 0.29) is 11.3 Å². The van der Waals surface area contributed by atoms with Crippen LogP contribution in [-0.4, -0.2) is 16.6 Å². The first-order chi connectivity index (χ1) is 8.13. The van der Waals surface area contributed by atoms with Gasteiger partial charge >= 0.3 is 0 Å². The lowest BCUT2D eigenvalue weighted by atomic mass is 10.1. The third kappa shape index (κ3) is 3.46. The average Bonchev–Trinajstić information content (AvgIpc) is 3.09. The number of nitrogens with one attached hydrogen (secondary N) is 1. The van der Waals surface area contributed by atoms with Crippen molar-refractivity contribution in [1.29, 1.82) is 0 Å². The second kappa shape index (κ2) is 5.08. The lowest BCUT2D eigenvalue weighted by Crippen LogP contribution is -2.26. The summed E-state index contributed by atoms with van der Waals surface area (Å²) < 4.78 is 0. The molecule has 0 aliphatic heterocycles. The summed E-state index contributed by atoms with van der Waals surface area (Å²) in [5.74, 6) is 0.934. The Morgan fingerprint density at radius 2 is 2.29 bits per heavy atom. The van der Waals surface area contributed by atoms with Crippen molar-refractivity contribution in [3.63, 3.8) is 0 Å². The maximum Gasteiger partial charge on any atom is 0.220 e. The van der Waals surface area contributed by atoms with E-state index in [1.807, 2.05) is 19.1 Å². The van der Waals surface area contributed by atoms with Crippen molar-refractivity contribution in [1.82, 2.24) is 10.3 Å². The molecule has 1 aromatic rings. The third-order valence-electron chi connectivity index (χ3n) is 3.29. The Hall–Kier alpha value is -1.03. The van der Waals surface area contributed by atoms with Crippen LogP contribution in [-0.2, 0) is 11.3 Å². The van der Waals surface area contributed by atoms with Crippen LogP contribution in [0, 0.1) is 12.3 Å². The van der Waals surface area contributed by atoms with E-state index in [0.717, 1.165) is 29.9 Å². The number of hydrogen-bond acceptors (Lipinski definition) is 3. The monoisotopic (exact) mass is 250 g/mol. The molecule has 92 valence electrons. The number of aryl methyl sites for hydroxylation is 1. The van der Waals surface area contributed by atoms with Crippen LogP contribution in [0.4, 0.5) is 0 Å². The van der Waals surface area contributed by atoms with Crippen molar-refractivity contribution in [3.8, 4) is 0 Å². The van der Waals surface area contributed by atoms with Crippen LogP contribution in [0.25, 0.3) is 0 Å². The van der Waals surface area contributed by atoms with Gasteiger partial charge in [0, 0.05) is 24.9 Å². The van der Waals surface area contributed by atoms with Crippen LogP contribution in [0.3, 0.4) is 0 Å². The molecular formula is C13H18N2OS. The number of carbonyl (C=O) groups is 1. The molecule has 3 nitrogen and oxygen atoms in total. The first-order valence-corrected chi connectivity index (χ1v) is 6.56. The van der Waals surface area contributed by atoms with Gasteiger partial charge in [-0.3, -0.25) is 9.78 Å². The van der Waals surface area contributed by atoms with Crippen molar-refractivity contribution < 1.29 is 4.79 Å². The molecule has 0 bridgehead atoms. The number of thiol groups is 1. The molecule has 0 radical (unpaired) electrons. The number of aromatic nitrogens is 1. The third-order valence-corrected chi connectivity index (χ3v) is 3.96. The minimum Gasteiger partial charge on any atom is -0.352 e. The SMILES string of the molecule is Cc1ccc(CNC(=O)CC2(CS)CC2)cn1. The van der Waals surface area contributed by atoms with Crippen molar-refractivity contribution in [2.24, 2.45) is 5.41 Å². The molecule has 4 heteroatoms. The maximum atomic E-state index is 11.7. The largest absolute Gasteiger partial charge is 0.352 e. The summed E-state index contributed by atoms with van der Waals surface area (Å²) in [6.07, 6.45) is 4.68. The maximum absolute atomic E-state index is 11.7. The van der Waals surface area contributed by atoms with E-state index in [2.05, 4.69) is 22.9 Å². The van der Waals surface area contributed by atoms with E-state index in [0.29, 0.717) is 13.0 Å². The van der Waals surface area contributed by atoms with Gasteiger partial charge < -0.3 is 5.32 Å². The predicted molar refractivity (Wildman–Crippen MR) is 71.0 cm³/mol. The molecule has 1 saturated carbocycles. The summed E-state index contributed by atoms with van der Waals surface area (Å²) in [4.78, 5) is 15.9. The summed E-state index contributed by atoms with van der Waals surface area (Å²) in [5, 5.41) is 2.94. The molecule has 1 aliphatic rings. The van der Waals surface area contributed by atoms with Crippen LogP contribution >= 0.6 is 12.6 Å². The van der Waals surface area contributed by atoms with Gasteiger partial charge in [0.15, 0.2) is 0 Å². The fourth-order valence-electron chi connectivity index (χ4n) is 1.77. The molecule has 1 amide bonds.